The molecule has 0 fully saturated rings. The molecule has 1 rings (SSSR count). The predicted octanol–water partition coefficient (Wildman–Crippen LogP) is 1.02. The zero-order chi connectivity index (χ0) is 15.7. The minimum Gasteiger partial charge on any atom is -0.496 e. The van der Waals surface area contributed by atoms with Gasteiger partial charge in [-0.05, 0) is 25.0 Å². The summed E-state index contributed by atoms with van der Waals surface area (Å²) >= 11 is 0. The van der Waals surface area contributed by atoms with Gasteiger partial charge in [-0.25, -0.2) is 4.79 Å². The number of urea groups is 1. The molecule has 0 saturated carbocycles. The van der Waals surface area contributed by atoms with Crippen LogP contribution in [0.2, 0.25) is 0 Å². The Bertz CT molecular complexity index is 477. The van der Waals surface area contributed by atoms with Gasteiger partial charge in [0.1, 0.15) is 12.3 Å². The lowest BCUT2D eigenvalue weighted by Crippen LogP contribution is -2.45. The van der Waals surface area contributed by atoms with E-state index in [4.69, 9.17) is 4.74 Å². The van der Waals surface area contributed by atoms with Gasteiger partial charge in [0, 0.05) is 20.1 Å². The monoisotopic (exact) mass is 293 g/mol. The van der Waals surface area contributed by atoms with Crippen LogP contribution in [0.3, 0.4) is 0 Å². The topological polar surface area (TPSA) is 70.7 Å². The van der Waals surface area contributed by atoms with E-state index in [0.717, 1.165) is 11.3 Å². The maximum atomic E-state index is 12.0. The zero-order valence-electron chi connectivity index (χ0n) is 12.8. The molecule has 0 heterocycles. The van der Waals surface area contributed by atoms with Crippen LogP contribution in [0, 0.1) is 0 Å². The van der Waals surface area contributed by atoms with E-state index in [-0.39, 0.29) is 18.5 Å². The molecule has 0 aliphatic carbocycles. The molecule has 0 bridgehead atoms. The fourth-order valence-corrected chi connectivity index (χ4v) is 1.91. The van der Waals surface area contributed by atoms with Crippen molar-refractivity contribution < 1.29 is 14.3 Å². The molecule has 3 amide bonds. The van der Waals surface area contributed by atoms with Crippen molar-refractivity contribution in [1.82, 2.24) is 15.5 Å². The molecular weight excluding hydrogens is 270 g/mol. The molecule has 0 aliphatic rings. The van der Waals surface area contributed by atoms with Crippen molar-refractivity contribution in [2.45, 2.75) is 13.3 Å². The molecule has 1 aromatic carbocycles. The number of carbonyl (C=O) groups is 2. The lowest BCUT2D eigenvalue weighted by Gasteiger charge is -2.20. The minimum atomic E-state index is -0.240. The van der Waals surface area contributed by atoms with Gasteiger partial charge >= 0.3 is 6.03 Å². The van der Waals surface area contributed by atoms with Crippen molar-refractivity contribution in [3.05, 3.63) is 29.8 Å². The third-order valence-electron chi connectivity index (χ3n) is 3.15. The average Bonchev–Trinajstić information content (AvgIpc) is 2.52. The van der Waals surface area contributed by atoms with Crippen LogP contribution in [0.5, 0.6) is 5.75 Å². The summed E-state index contributed by atoms with van der Waals surface area (Å²) in [4.78, 5) is 24.7. The first kappa shape index (κ1) is 16.8. The number of carbonyl (C=O) groups excluding carboxylic acids is 2. The Morgan fingerprint density at radius 3 is 2.62 bits per heavy atom. The number of methoxy groups -OCH3 is 1. The number of likely N-dealkylation sites (N-methyl/N-ethyl adjacent to an activating group) is 2. The van der Waals surface area contributed by atoms with E-state index in [0.29, 0.717) is 19.5 Å². The van der Waals surface area contributed by atoms with Crippen LogP contribution in [-0.2, 0) is 11.2 Å². The van der Waals surface area contributed by atoms with Crippen LogP contribution < -0.4 is 15.4 Å². The molecule has 1 aromatic rings. The van der Waals surface area contributed by atoms with Crippen LogP contribution in [0.25, 0.3) is 0 Å². The van der Waals surface area contributed by atoms with E-state index in [2.05, 4.69) is 10.6 Å². The summed E-state index contributed by atoms with van der Waals surface area (Å²) in [5.74, 6) is 0.626. The highest BCUT2D eigenvalue weighted by atomic mass is 16.5. The van der Waals surface area contributed by atoms with Gasteiger partial charge in [-0.15, -0.1) is 0 Å². The number of nitrogens with zero attached hydrogens (tertiary/aromatic N) is 1. The zero-order valence-corrected chi connectivity index (χ0v) is 12.8. The SMILES string of the molecule is CCN(CC(=O)NC)C(=O)NCCc1ccccc1OC. The van der Waals surface area contributed by atoms with Gasteiger partial charge in [0.05, 0.1) is 7.11 Å². The van der Waals surface area contributed by atoms with E-state index >= 15 is 0 Å². The number of ether oxygens (including phenoxy) is 1. The molecule has 21 heavy (non-hydrogen) atoms. The lowest BCUT2D eigenvalue weighted by molar-refractivity contribution is -0.121. The predicted molar refractivity (Wildman–Crippen MR) is 81.4 cm³/mol. The van der Waals surface area contributed by atoms with Gasteiger partial charge in [-0.3, -0.25) is 4.79 Å². The molecule has 0 radical (unpaired) electrons. The van der Waals surface area contributed by atoms with Crippen LogP contribution >= 0.6 is 0 Å². The Labute approximate surface area is 125 Å². The summed E-state index contributed by atoms with van der Waals surface area (Å²) in [7, 11) is 3.18. The molecule has 116 valence electrons. The summed E-state index contributed by atoms with van der Waals surface area (Å²) in [6.45, 7) is 2.87. The second kappa shape index (κ2) is 8.84. The quantitative estimate of drug-likeness (QED) is 0.788. The highest BCUT2D eigenvalue weighted by molar-refractivity contribution is 5.83. The van der Waals surface area contributed by atoms with Crippen molar-refractivity contribution in [3.63, 3.8) is 0 Å². The molecular formula is C15H23N3O3. The Balaban J connectivity index is 2.46. The van der Waals surface area contributed by atoms with Crippen LogP contribution in [0.1, 0.15) is 12.5 Å². The largest absolute Gasteiger partial charge is 0.496 e. The average molecular weight is 293 g/mol. The van der Waals surface area contributed by atoms with Gasteiger partial charge in [-0.1, -0.05) is 18.2 Å². The second-order valence-corrected chi connectivity index (χ2v) is 4.48. The van der Waals surface area contributed by atoms with Gasteiger partial charge in [0.25, 0.3) is 0 Å². The highest BCUT2D eigenvalue weighted by Gasteiger charge is 2.14. The molecule has 6 heteroatoms. The second-order valence-electron chi connectivity index (χ2n) is 4.48. The number of amides is 3. The fourth-order valence-electron chi connectivity index (χ4n) is 1.91. The first-order valence-corrected chi connectivity index (χ1v) is 6.97. The Morgan fingerprint density at radius 2 is 2.00 bits per heavy atom. The number of hydrogen-bond donors (Lipinski definition) is 2. The van der Waals surface area contributed by atoms with Gasteiger partial charge in [0.15, 0.2) is 0 Å². The van der Waals surface area contributed by atoms with E-state index < -0.39 is 0 Å². The van der Waals surface area contributed by atoms with Gasteiger partial charge < -0.3 is 20.3 Å². The third-order valence-corrected chi connectivity index (χ3v) is 3.15. The number of hydrogen-bond acceptors (Lipinski definition) is 3. The molecule has 6 nitrogen and oxygen atoms in total. The van der Waals surface area contributed by atoms with E-state index in [1.807, 2.05) is 31.2 Å². The summed E-state index contributed by atoms with van der Waals surface area (Å²) < 4.78 is 5.26. The maximum absolute atomic E-state index is 12.0. The summed E-state index contributed by atoms with van der Waals surface area (Å²) in [6, 6.07) is 7.46. The summed E-state index contributed by atoms with van der Waals surface area (Å²) in [5, 5.41) is 5.32. The highest BCUT2D eigenvalue weighted by Crippen LogP contribution is 2.17. The third kappa shape index (κ3) is 5.33. The molecule has 0 unspecified atom stereocenters. The van der Waals surface area contributed by atoms with E-state index in [1.54, 1.807) is 14.2 Å². The van der Waals surface area contributed by atoms with Crippen LogP contribution in [0.4, 0.5) is 4.79 Å². The first-order chi connectivity index (χ1) is 10.1. The van der Waals surface area contributed by atoms with E-state index in [9.17, 15) is 9.59 Å². The minimum absolute atomic E-state index is 0.0630. The maximum Gasteiger partial charge on any atom is 0.317 e. The molecule has 0 spiro atoms. The van der Waals surface area contributed by atoms with Crippen molar-refractivity contribution >= 4 is 11.9 Å². The van der Waals surface area contributed by atoms with Gasteiger partial charge in [-0.2, -0.15) is 0 Å². The van der Waals surface area contributed by atoms with Crippen LogP contribution in [-0.4, -0.2) is 50.6 Å². The summed E-state index contributed by atoms with van der Waals surface area (Å²) in [6.07, 6.45) is 0.674. The van der Waals surface area contributed by atoms with Crippen molar-refractivity contribution in [3.8, 4) is 5.75 Å². The fraction of sp³-hybridized carbons (Fsp3) is 0.467. The number of benzene rings is 1. The molecule has 2 N–H and O–H groups in total. The number of para-hydroxylation sites is 1. The van der Waals surface area contributed by atoms with Gasteiger partial charge in [0.2, 0.25) is 5.91 Å². The molecule has 0 saturated heterocycles. The Hall–Kier alpha value is -2.24. The molecule has 0 atom stereocenters. The van der Waals surface area contributed by atoms with Crippen molar-refractivity contribution in [1.29, 1.82) is 0 Å². The Morgan fingerprint density at radius 1 is 1.29 bits per heavy atom. The number of rotatable bonds is 7. The lowest BCUT2D eigenvalue weighted by atomic mass is 10.1. The normalized spacial score (nSPS) is 9.86. The standard InChI is InChI=1S/C15H23N3O3/c1-4-18(11-14(19)16-2)15(20)17-10-9-12-7-5-6-8-13(12)21-3/h5-8H,4,9-11H2,1-3H3,(H,16,19)(H,17,20). The van der Waals surface area contributed by atoms with Crippen LogP contribution in [0.15, 0.2) is 24.3 Å². The smallest absolute Gasteiger partial charge is 0.317 e. The number of nitrogens with one attached hydrogen (secondary N) is 2. The van der Waals surface area contributed by atoms with Crippen molar-refractivity contribution in [2.75, 3.05) is 33.8 Å². The van der Waals surface area contributed by atoms with E-state index in [1.165, 1.54) is 4.90 Å². The Kier molecular flexibility index (Phi) is 7.08. The van der Waals surface area contributed by atoms with Crippen molar-refractivity contribution in [2.24, 2.45) is 0 Å². The molecule has 0 aliphatic heterocycles. The summed E-state index contributed by atoms with van der Waals surface area (Å²) in [5.41, 5.74) is 1.04. The first-order valence-electron chi connectivity index (χ1n) is 6.97. The molecule has 0 aromatic heterocycles.